The monoisotopic (exact) mass is 314 g/mol. The fourth-order valence-corrected chi connectivity index (χ4v) is 3.46. The molecule has 2 rings (SSSR count). The lowest BCUT2D eigenvalue weighted by molar-refractivity contribution is -0.133. The average molecular weight is 314 g/mol. The molecule has 1 fully saturated rings. The molecule has 0 bridgehead atoms. The third kappa shape index (κ3) is 4.53. The quantitative estimate of drug-likeness (QED) is 0.850. The first-order chi connectivity index (χ1) is 9.74. The van der Waals surface area contributed by atoms with Crippen LogP contribution in [0.1, 0.15) is 24.2 Å². The van der Waals surface area contributed by atoms with Gasteiger partial charge in [0.25, 0.3) is 0 Å². The van der Waals surface area contributed by atoms with Crippen LogP contribution in [0.2, 0.25) is 0 Å². The number of rotatable bonds is 4. The Balaban J connectivity index is 1.97. The normalized spacial score (nSPS) is 19.8. The molecule has 118 valence electrons. The van der Waals surface area contributed by atoms with Gasteiger partial charge < -0.3 is 4.90 Å². The molecule has 1 aliphatic heterocycles. The fraction of sp³-hybridized carbons (Fsp3) is 0.692. The van der Waals surface area contributed by atoms with Crippen LogP contribution < -0.4 is 4.72 Å². The molecular formula is C13H22N4O3S. The molecule has 0 unspecified atom stereocenters. The van der Waals surface area contributed by atoms with Gasteiger partial charge in [0.2, 0.25) is 15.9 Å². The van der Waals surface area contributed by atoms with Crippen molar-refractivity contribution in [2.75, 3.05) is 19.3 Å². The van der Waals surface area contributed by atoms with Crippen molar-refractivity contribution in [3.63, 3.8) is 0 Å². The number of hydrogen-bond acceptors (Lipinski definition) is 4. The number of hydrogen-bond donors (Lipinski definition) is 1. The summed E-state index contributed by atoms with van der Waals surface area (Å²) >= 11 is 0. The molecule has 0 saturated carbocycles. The van der Waals surface area contributed by atoms with Crippen LogP contribution >= 0.6 is 0 Å². The number of nitrogens with one attached hydrogen (secondary N) is 1. The number of amides is 1. The first-order valence-corrected chi connectivity index (χ1v) is 8.90. The van der Waals surface area contributed by atoms with Crippen molar-refractivity contribution in [3.8, 4) is 0 Å². The maximum Gasteiger partial charge on any atom is 0.244 e. The van der Waals surface area contributed by atoms with Crippen molar-refractivity contribution in [1.82, 2.24) is 19.4 Å². The van der Waals surface area contributed by atoms with Gasteiger partial charge in [0, 0.05) is 24.8 Å². The number of likely N-dealkylation sites (tertiary alicyclic amines) is 1. The summed E-state index contributed by atoms with van der Waals surface area (Å²) in [5.74, 6) is -0.0267. The molecule has 7 nitrogen and oxygen atoms in total. The van der Waals surface area contributed by atoms with Gasteiger partial charge in [-0.3, -0.25) is 9.48 Å². The summed E-state index contributed by atoms with van der Waals surface area (Å²) in [7, 11) is -3.24. The maximum absolute atomic E-state index is 12.3. The first kappa shape index (κ1) is 16.0. The van der Waals surface area contributed by atoms with E-state index in [1.807, 2.05) is 19.9 Å². The molecule has 0 aliphatic carbocycles. The zero-order valence-electron chi connectivity index (χ0n) is 12.7. The Labute approximate surface area is 125 Å². The first-order valence-electron chi connectivity index (χ1n) is 7.01. The summed E-state index contributed by atoms with van der Waals surface area (Å²) in [6, 6.07) is 1.73. The predicted octanol–water partition coefficient (Wildman–Crippen LogP) is 0.0401. The molecule has 1 saturated heterocycles. The van der Waals surface area contributed by atoms with E-state index in [4.69, 9.17) is 0 Å². The van der Waals surface area contributed by atoms with Crippen molar-refractivity contribution < 1.29 is 13.2 Å². The van der Waals surface area contributed by atoms with Crippen LogP contribution in [0.3, 0.4) is 0 Å². The lowest BCUT2D eigenvalue weighted by atomic mass is 10.1. The highest BCUT2D eigenvalue weighted by molar-refractivity contribution is 7.88. The van der Waals surface area contributed by atoms with Gasteiger partial charge in [-0.05, 0) is 32.8 Å². The number of aromatic nitrogens is 2. The van der Waals surface area contributed by atoms with E-state index in [0.29, 0.717) is 13.1 Å². The van der Waals surface area contributed by atoms with E-state index in [2.05, 4.69) is 9.82 Å². The Morgan fingerprint density at radius 1 is 1.48 bits per heavy atom. The second kappa shape index (κ2) is 6.15. The van der Waals surface area contributed by atoms with Crippen LogP contribution in [0.5, 0.6) is 0 Å². The lowest BCUT2D eigenvalue weighted by Gasteiger charge is -2.32. The van der Waals surface area contributed by atoms with Crippen molar-refractivity contribution in [2.24, 2.45) is 0 Å². The molecule has 0 spiro atoms. The largest absolute Gasteiger partial charge is 0.339 e. The van der Waals surface area contributed by atoms with Crippen LogP contribution in [0.4, 0.5) is 0 Å². The predicted molar refractivity (Wildman–Crippen MR) is 79.3 cm³/mol. The molecule has 2 heterocycles. The lowest BCUT2D eigenvalue weighted by Crippen LogP contribution is -2.50. The smallest absolute Gasteiger partial charge is 0.244 e. The van der Waals surface area contributed by atoms with Gasteiger partial charge in [0.15, 0.2) is 0 Å². The van der Waals surface area contributed by atoms with Crippen molar-refractivity contribution in [1.29, 1.82) is 0 Å². The molecule has 1 aliphatic rings. The molecule has 1 aromatic rings. The van der Waals surface area contributed by atoms with E-state index in [1.165, 1.54) is 0 Å². The number of carbonyl (C=O) groups excluding carboxylic acids is 1. The maximum atomic E-state index is 12.3. The van der Waals surface area contributed by atoms with Crippen molar-refractivity contribution >= 4 is 15.9 Å². The summed E-state index contributed by atoms with van der Waals surface area (Å²) in [6.45, 7) is 5.09. The average Bonchev–Trinajstić information content (AvgIpc) is 2.66. The van der Waals surface area contributed by atoms with Crippen molar-refractivity contribution in [2.45, 2.75) is 39.3 Å². The van der Waals surface area contributed by atoms with Crippen LogP contribution in [-0.2, 0) is 21.4 Å². The molecule has 1 atom stereocenters. The summed E-state index contributed by atoms with van der Waals surface area (Å²) < 4.78 is 26.8. The van der Waals surface area contributed by atoms with E-state index >= 15 is 0 Å². The Hall–Kier alpha value is -1.41. The van der Waals surface area contributed by atoms with Gasteiger partial charge in [0.05, 0.1) is 11.9 Å². The van der Waals surface area contributed by atoms with E-state index < -0.39 is 10.0 Å². The highest BCUT2D eigenvalue weighted by atomic mass is 32.2. The van der Waals surface area contributed by atoms with Crippen molar-refractivity contribution in [3.05, 3.63) is 17.5 Å². The van der Waals surface area contributed by atoms with Crippen LogP contribution in [-0.4, -0.2) is 54.4 Å². The molecule has 0 radical (unpaired) electrons. The van der Waals surface area contributed by atoms with E-state index in [0.717, 1.165) is 30.5 Å². The second-order valence-electron chi connectivity index (χ2n) is 5.65. The molecule has 1 aromatic heterocycles. The molecule has 0 aromatic carbocycles. The second-order valence-corrected chi connectivity index (χ2v) is 7.43. The Morgan fingerprint density at radius 2 is 2.19 bits per heavy atom. The summed E-state index contributed by atoms with van der Waals surface area (Å²) in [5.41, 5.74) is 1.83. The van der Waals surface area contributed by atoms with Crippen LogP contribution in [0.15, 0.2) is 6.07 Å². The topological polar surface area (TPSA) is 84.3 Å². The Morgan fingerprint density at radius 3 is 2.76 bits per heavy atom. The highest BCUT2D eigenvalue weighted by Crippen LogP contribution is 2.12. The Kier molecular flexibility index (Phi) is 4.67. The van der Waals surface area contributed by atoms with Gasteiger partial charge in [0.1, 0.15) is 6.54 Å². The molecular weight excluding hydrogens is 292 g/mol. The summed E-state index contributed by atoms with van der Waals surface area (Å²) in [6.07, 6.45) is 2.70. The van der Waals surface area contributed by atoms with Gasteiger partial charge >= 0.3 is 0 Å². The van der Waals surface area contributed by atoms with E-state index in [1.54, 1.807) is 9.58 Å². The summed E-state index contributed by atoms with van der Waals surface area (Å²) in [4.78, 5) is 14.0. The minimum atomic E-state index is -3.24. The Bertz CT molecular complexity index is 623. The zero-order chi connectivity index (χ0) is 15.6. The molecule has 1 amide bonds. The molecule has 8 heteroatoms. The number of sulfonamides is 1. The van der Waals surface area contributed by atoms with Gasteiger partial charge in [-0.15, -0.1) is 0 Å². The SMILES string of the molecule is Cc1cc(C)n(CC(=O)N2CCC[C@@H](NS(C)(=O)=O)C2)n1. The minimum Gasteiger partial charge on any atom is -0.339 e. The van der Waals surface area contributed by atoms with E-state index in [9.17, 15) is 13.2 Å². The van der Waals surface area contributed by atoms with Crippen LogP contribution in [0.25, 0.3) is 0 Å². The number of nitrogens with zero attached hydrogens (tertiary/aromatic N) is 3. The van der Waals surface area contributed by atoms with Gasteiger partial charge in [-0.25, -0.2) is 13.1 Å². The molecule has 1 N–H and O–H groups in total. The van der Waals surface area contributed by atoms with Gasteiger partial charge in [-0.2, -0.15) is 5.10 Å². The highest BCUT2D eigenvalue weighted by Gasteiger charge is 2.25. The number of aryl methyl sites for hydroxylation is 2. The number of carbonyl (C=O) groups is 1. The number of piperidine rings is 1. The minimum absolute atomic E-state index is 0.0267. The summed E-state index contributed by atoms with van der Waals surface area (Å²) in [5, 5.41) is 4.28. The van der Waals surface area contributed by atoms with E-state index in [-0.39, 0.29) is 18.5 Å². The van der Waals surface area contributed by atoms with Gasteiger partial charge in [-0.1, -0.05) is 0 Å². The van der Waals surface area contributed by atoms with Crippen LogP contribution in [0, 0.1) is 13.8 Å². The third-order valence-corrected chi connectivity index (χ3v) is 4.30. The third-order valence-electron chi connectivity index (χ3n) is 3.54. The standard InChI is InChI=1S/C13H22N4O3S/c1-10-7-11(2)17(14-10)9-13(18)16-6-4-5-12(8-16)15-21(3,19)20/h7,12,15H,4-6,8-9H2,1-3H3/t12-/m1/s1. The molecule has 21 heavy (non-hydrogen) atoms. The zero-order valence-corrected chi connectivity index (χ0v) is 13.5. The fourth-order valence-electron chi connectivity index (χ4n) is 2.67.